The lowest BCUT2D eigenvalue weighted by Gasteiger charge is -2.08. The van der Waals surface area contributed by atoms with Crippen molar-refractivity contribution in [2.75, 3.05) is 5.73 Å². The smallest absolute Gasteiger partial charge is 0.0458 e. The van der Waals surface area contributed by atoms with Gasteiger partial charge in [0.2, 0.25) is 0 Å². The number of unbranched alkanes of at least 4 members (excludes halogenated alkanes) is 1. The van der Waals surface area contributed by atoms with Gasteiger partial charge >= 0.3 is 0 Å². The predicted octanol–water partition coefficient (Wildman–Crippen LogP) is 3.62. The van der Waals surface area contributed by atoms with Crippen molar-refractivity contribution in [1.29, 1.82) is 0 Å². The summed E-state index contributed by atoms with van der Waals surface area (Å²) in [6.45, 7) is 4.49. The van der Waals surface area contributed by atoms with Crippen molar-refractivity contribution in [1.82, 2.24) is 0 Å². The Morgan fingerprint density at radius 1 is 1.58 bits per heavy atom. The number of hydrogen-bond acceptors (Lipinski definition) is 2. The van der Waals surface area contributed by atoms with Crippen LogP contribution in [-0.2, 0) is 0 Å². The van der Waals surface area contributed by atoms with E-state index in [1.54, 1.807) is 11.3 Å². The third-order valence-corrected chi connectivity index (χ3v) is 3.33. The van der Waals surface area contributed by atoms with E-state index in [1.807, 2.05) is 6.07 Å². The first-order valence-electron chi connectivity index (χ1n) is 4.58. The van der Waals surface area contributed by atoms with Gasteiger partial charge in [-0.05, 0) is 23.8 Å². The van der Waals surface area contributed by atoms with Crippen molar-refractivity contribution in [3.63, 3.8) is 0 Å². The molecule has 0 aromatic carbocycles. The molecule has 0 bridgehead atoms. The van der Waals surface area contributed by atoms with E-state index in [1.165, 1.54) is 24.1 Å². The Labute approximate surface area is 78.6 Å². The van der Waals surface area contributed by atoms with Crippen LogP contribution in [-0.4, -0.2) is 0 Å². The van der Waals surface area contributed by atoms with Crippen molar-refractivity contribution in [3.05, 3.63) is 16.3 Å². The van der Waals surface area contributed by atoms with Crippen molar-refractivity contribution in [3.8, 4) is 0 Å². The van der Waals surface area contributed by atoms with Crippen LogP contribution in [0.15, 0.2) is 11.4 Å². The van der Waals surface area contributed by atoms with Gasteiger partial charge in [-0.2, -0.15) is 0 Å². The van der Waals surface area contributed by atoms with Gasteiger partial charge in [-0.15, -0.1) is 11.3 Å². The first-order chi connectivity index (χ1) is 5.75. The number of nitrogens with two attached hydrogens (primary N) is 1. The summed E-state index contributed by atoms with van der Waals surface area (Å²) in [5, 5.41) is 2.08. The average Bonchev–Trinajstić information content (AvgIpc) is 2.47. The maximum Gasteiger partial charge on any atom is 0.0458 e. The molecule has 0 aliphatic rings. The summed E-state index contributed by atoms with van der Waals surface area (Å²) in [6.07, 6.45) is 3.84. The zero-order valence-electron chi connectivity index (χ0n) is 7.84. The van der Waals surface area contributed by atoms with Gasteiger partial charge in [0, 0.05) is 10.6 Å². The summed E-state index contributed by atoms with van der Waals surface area (Å²) in [5.41, 5.74) is 6.80. The van der Waals surface area contributed by atoms with Crippen LogP contribution in [0.3, 0.4) is 0 Å². The molecule has 1 aromatic rings. The molecule has 0 fully saturated rings. The SMILES string of the molecule is CCCC[C@H](C)c1sccc1N. The fraction of sp³-hybridized carbons (Fsp3) is 0.600. The van der Waals surface area contributed by atoms with Crippen LogP contribution >= 0.6 is 11.3 Å². The molecule has 1 rings (SSSR count). The molecular weight excluding hydrogens is 166 g/mol. The maximum absolute atomic E-state index is 5.82. The molecule has 2 heteroatoms. The van der Waals surface area contributed by atoms with E-state index in [0.29, 0.717) is 5.92 Å². The fourth-order valence-corrected chi connectivity index (χ4v) is 2.29. The highest BCUT2D eigenvalue weighted by Crippen LogP contribution is 2.30. The number of nitrogen functional groups attached to an aromatic ring is 1. The first kappa shape index (κ1) is 9.59. The number of rotatable bonds is 4. The average molecular weight is 183 g/mol. The molecule has 68 valence electrons. The topological polar surface area (TPSA) is 26.0 Å². The van der Waals surface area contributed by atoms with Crippen molar-refractivity contribution in [2.45, 2.75) is 39.0 Å². The van der Waals surface area contributed by atoms with E-state index in [2.05, 4.69) is 19.2 Å². The summed E-state index contributed by atoms with van der Waals surface area (Å²) < 4.78 is 0. The lowest BCUT2D eigenvalue weighted by Crippen LogP contribution is -1.94. The van der Waals surface area contributed by atoms with Crippen LogP contribution in [0.5, 0.6) is 0 Å². The summed E-state index contributed by atoms with van der Waals surface area (Å²) in [4.78, 5) is 1.36. The lowest BCUT2D eigenvalue weighted by molar-refractivity contribution is 0.633. The van der Waals surface area contributed by atoms with Crippen LogP contribution in [0.4, 0.5) is 5.69 Å². The van der Waals surface area contributed by atoms with E-state index in [-0.39, 0.29) is 0 Å². The second-order valence-corrected chi connectivity index (χ2v) is 4.23. The number of hydrogen-bond donors (Lipinski definition) is 1. The molecule has 1 atom stereocenters. The Morgan fingerprint density at radius 2 is 2.33 bits per heavy atom. The summed E-state index contributed by atoms with van der Waals surface area (Å²) in [5.74, 6) is 0.643. The van der Waals surface area contributed by atoms with Crippen LogP contribution in [0.1, 0.15) is 43.9 Å². The third-order valence-electron chi connectivity index (χ3n) is 2.17. The summed E-state index contributed by atoms with van der Waals surface area (Å²) in [7, 11) is 0. The molecule has 2 N–H and O–H groups in total. The normalized spacial score (nSPS) is 13.2. The Bertz CT molecular complexity index is 229. The maximum atomic E-state index is 5.82. The summed E-state index contributed by atoms with van der Waals surface area (Å²) >= 11 is 1.78. The molecule has 1 heterocycles. The fourth-order valence-electron chi connectivity index (χ4n) is 1.37. The second-order valence-electron chi connectivity index (χ2n) is 3.28. The van der Waals surface area contributed by atoms with Crippen LogP contribution in [0.25, 0.3) is 0 Å². The molecule has 0 radical (unpaired) electrons. The summed E-state index contributed by atoms with van der Waals surface area (Å²) in [6, 6.07) is 2.00. The van der Waals surface area contributed by atoms with Crippen molar-refractivity contribution in [2.24, 2.45) is 0 Å². The lowest BCUT2D eigenvalue weighted by atomic mass is 10.0. The van der Waals surface area contributed by atoms with Crippen LogP contribution < -0.4 is 5.73 Å². The zero-order valence-corrected chi connectivity index (χ0v) is 8.66. The number of anilines is 1. The monoisotopic (exact) mass is 183 g/mol. The Morgan fingerprint density at radius 3 is 2.83 bits per heavy atom. The van der Waals surface area contributed by atoms with Gasteiger partial charge < -0.3 is 5.73 Å². The van der Waals surface area contributed by atoms with Gasteiger partial charge in [-0.1, -0.05) is 26.7 Å². The molecule has 0 unspecified atom stereocenters. The van der Waals surface area contributed by atoms with Gasteiger partial charge in [-0.25, -0.2) is 0 Å². The molecular formula is C10H17NS. The zero-order chi connectivity index (χ0) is 8.97. The minimum atomic E-state index is 0.643. The molecule has 0 saturated carbocycles. The molecule has 0 saturated heterocycles. The molecule has 1 aromatic heterocycles. The predicted molar refractivity (Wildman–Crippen MR) is 56.7 cm³/mol. The largest absolute Gasteiger partial charge is 0.398 e. The van der Waals surface area contributed by atoms with E-state index in [9.17, 15) is 0 Å². The Kier molecular flexibility index (Phi) is 3.60. The standard InChI is InChI=1S/C10H17NS/c1-3-4-5-8(2)10-9(11)6-7-12-10/h6-8H,3-5,11H2,1-2H3/t8-/m0/s1. The van der Waals surface area contributed by atoms with E-state index < -0.39 is 0 Å². The molecule has 0 amide bonds. The van der Waals surface area contributed by atoms with Gasteiger partial charge in [0.1, 0.15) is 0 Å². The second kappa shape index (κ2) is 4.51. The highest BCUT2D eigenvalue weighted by atomic mass is 32.1. The van der Waals surface area contributed by atoms with Gasteiger partial charge in [0.05, 0.1) is 0 Å². The third kappa shape index (κ3) is 2.24. The van der Waals surface area contributed by atoms with Gasteiger partial charge in [0.15, 0.2) is 0 Å². The quantitative estimate of drug-likeness (QED) is 0.758. The van der Waals surface area contributed by atoms with Crippen molar-refractivity contribution < 1.29 is 0 Å². The van der Waals surface area contributed by atoms with Gasteiger partial charge in [0.25, 0.3) is 0 Å². The Hall–Kier alpha value is -0.500. The Balaban J connectivity index is 2.52. The van der Waals surface area contributed by atoms with Crippen molar-refractivity contribution >= 4 is 17.0 Å². The molecule has 0 aliphatic carbocycles. The first-order valence-corrected chi connectivity index (χ1v) is 5.46. The van der Waals surface area contributed by atoms with Crippen LogP contribution in [0, 0.1) is 0 Å². The molecule has 0 spiro atoms. The molecule has 1 nitrogen and oxygen atoms in total. The number of thiophene rings is 1. The highest BCUT2D eigenvalue weighted by molar-refractivity contribution is 7.10. The minimum absolute atomic E-state index is 0.643. The van der Waals surface area contributed by atoms with Crippen LogP contribution in [0.2, 0.25) is 0 Å². The van der Waals surface area contributed by atoms with E-state index in [4.69, 9.17) is 5.73 Å². The van der Waals surface area contributed by atoms with Gasteiger partial charge in [-0.3, -0.25) is 0 Å². The minimum Gasteiger partial charge on any atom is -0.398 e. The molecule has 12 heavy (non-hydrogen) atoms. The molecule has 0 aliphatic heterocycles. The highest BCUT2D eigenvalue weighted by Gasteiger charge is 2.09. The van der Waals surface area contributed by atoms with E-state index in [0.717, 1.165) is 5.69 Å². The van der Waals surface area contributed by atoms with E-state index >= 15 is 0 Å².